The molecule has 1 aromatic rings. The van der Waals surface area contributed by atoms with Crippen molar-refractivity contribution in [2.45, 2.75) is 52.1 Å². The molecule has 1 fully saturated rings. The number of amides is 1. The molecule has 0 spiro atoms. The van der Waals surface area contributed by atoms with Crippen LogP contribution in [0.25, 0.3) is 0 Å². The van der Waals surface area contributed by atoms with Crippen molar-refractivity contribution >= 4 is 5.91 Å². The third kappa shape index (κ3) is 2.27. The maximum absolute atomic E-state index is 12.7. The second kappa shape index (κ2) is 5.13. The van der Waals surface area contributed by atoms with Crippen LogP contribution in [0, 0.1) is 11.8 Å². The van der Waals surface area contributed by atoms with Gasteiger partial charge in [-0.15, -0.1) is 0 Å². The fraction of sp³-hybridized carbons (Fsp3) is 0.750. The smallest absolute Gasteiger partial charge is 0.292 e. The molecule has 1 aliphatic carbocycles. The van der Waals surface area contributed by atoms with Crippen LogP contribution in [0.4, 0.5) is 0 Å². The summed E-state index contributed by atoms with van der Waals surface area (Å²) in [5.41, 5.74) is 1.12. The number of rotatable bonds is 2. The van der Waals surface area contributed by atoms with E-state index in [1.54, 1.807) is 4.90 Å². The Balaban J connectivity index is 1.82. The molecule has 1 N–H and O–H groups in total. The molecule has 116 valence electrons. The number of carbonyl (C=O) groups excluding carboxylic acids is 1. The van der Waals surface area contributed by atoms with Gasteiger partial charge in [-0.05, 0) is 31.6 Å². The number of aliphatic hydroxyl groups is 1. The maximum atomic E-state index is 12.7. The van der Waals surface area contributed by atoms with Crippen molar-refractivity contribution in [1.82, 2.24) is 10.1 Å². The van der Waals surface area contributed by atoms with Crippen LogP contribution in [0.1, 0.15) is 55.4 Å². The molecular weight excluding hydrogens is 268 g/mol. The molecule has 2 atom stereocenters. The zero-order valence-electron chi connectivity index (χ0n) is 13.1. The summed E-state index contributed by atoms with van der Waals surface area (Å²) >= 11 is 0. The highest BCUT2D eigenvalue weighted by molar-refractivity contribution is 5.93. The van der Waals surface area contributed by atoms with Gasteiger partial charge in [0.15, 0.2) is 0 Å². The fourth-order valence-corrected chi connectivity index (χ4v) is 3.62. The third-order valence-corrected chi connectivity index (χ3v) is 5.23. The summed E-state index contributed by atoms with van der Waals surface area (Å²) in [6.07, 6.45) is 3.97. The van der Waals surface area contributed by atoms with E-state index in [1.807, 2.05) is 20.8 Å². The van der Waals surface area contributed by atoms with Gasteiger partial charge in [-0.25, -0.2) is 0 Å². The van der Waals surface area contributed by atoms with Gasteiger partial charge in [-0.2, -0.15) is 0 Å². The molecule has 1 amide bonds. The minimum absolute atomic E-state index is 0.0696. The number of hydrogen-bond donors (Lipinski definition) is 1. The van der Waals surface area contributed by atoms with Crippen molar-refractivity contribution in [3.05, 3.63) is 17.0 Å². The van der Waals surface area contributed by atoms with E-state index in [9.17, 15) is 9.90 Å². The summed E-state index contributed by atoms with van der Waals surface area (Å²) in [5.74, 6) is 0.466. The number of nitrogens with zero attached hydrogens (tertiary/aromatic N) is 2. The largest absolute Gasteiger partial charge is 0.387 e. The van der Waals surface area contributed by atoms with Crippen LogP contribution in [0.15, 0.2) is 4.52 Å². The summed E-state index contributed by atoms with van der Waals surface area (Å²) in [6.45, 7) is 6.95. The van der Waals surface area contributed by atoms with E-state index in [2.05, 4.69) is 5.16 Å². The molecule has 21 heavy (non-hydrogen) atoms. The van der Waals surface area contributed by atoms with Gasteiger partial charge in [0.05, 0.1) is 17.8 Å². The van der Waals surface area contributed by atoms with Gasteiger partial charge in [0.1, 0.15) is 0 Å². The second-order valence-electron chi connectivity index (χ2n) is 6.88. The van der Waals surface area contributed by atoms with Crippen LogP contribution in [0.5, 0.6) is 0 Å². The van der Waals surface area contributed by atoms with Crippen molar-refractivity contribution < 1.29 is 14.4 Å². The monoisotopic (exact) mass is 292 g/mol. The molecule has 0 aromatic carbocycles. The van der Waals surface area contributed by atoms with E-state index in [-0.39, 0.29) is 17.7 Å². The van der Waals surface area contributed by atoms with Crippen LogP contribution < -0.4 is 0 Å². The average molecular weight is 292 g/mol. The Hall–Kier alpha value is -1.36. The van der Waals surface area contributed by atoms with Gasteiger partial charge in [-0.3, -0.25) is 4.79 Å². The predicted octanol–water partition coefficient (Wildman–Crippen LogP) is 2.03. The lowest BCUT2D eigenvalue weighted by atomic mass is 9.82. The minimum atomic E-state index is -0.810. The third-order valence-electron chi connectivity index (χ3n) is 5.23. The lowest BCUT2D eigenvalue weighted by Crippen LogP contribution is -2.43. The molecule has 3 rings (SSSR count). The highest BCUT2D eigenvalue weighted by Crippen LogP contribution is 2.35. The Bertz CT molecular complexity index is 552. The Kier molecular flexibility index (Phi) is 3.56. The van der Waals surface area contributed by atoms with Crippen LogP contribution in [-0.4, -0.2) is 39.8 Å². The van der Waals surface area contributed by atoms with Crippen molar-refractivity contribution in [2.24, 2.45) is 11.8 Å². The summed E-state index contributed by atoms with van der Waals surface area (Å²) in [7, 11) is 0. The Labute approximate surface area is 125 Å². The molecule has 0 radical (unpaired) electrons. The van der Waals surface area contributed by atoms with E-state index in [0.717, 1.165) is 36.9 Å². The van der Waals surface area contributed by atoms with Gasteiger partial charge in [-0.1, -0.05) is 25.9 Å². The van der Waals surface area contributed by atoms with Crippen molar-refractivity contribution in [3.63, 3.8) is 0 Å². The number of hydrogen-bond acceptors (Lipinski definition) is 4. The first-order valence-corrected chi connectivity index (χ1v) is 7.92. The topological polar surface area (TPSA) is 66.6 Å². The number of β-amino-alcohol motifs (C(OH)–C–C–N with tert-alkyl or cyclic N) is 1. The molecule has 2 heterocycles. The van der Waals surface area contributed by atoms with Gasteiger partial charge >= 0.3 is 0 Å². The van der Waals surface area contributed by atoms with E-state index >= 15 is 0 Å². The molecule has 1 saturated heterocycles. The molecule has 1 aliphatic heterocycles. The standard InChI is InChI=1S/C16H24N2O3/c1-10(2)16(20)9-18(8-11(16)3)15(19)14-12-6-4-5-7-13(12)17-21-14/h10-11,20H,4-9H2,1-3H3/t11-,16-/m0/s1. The van der Waals surface area contributed by atoms with Crippen LogP contribution in [-0.2, 0) is 12.8 Å². The normalized spacial score (nSPS) is 29.0. The van der Waals surface area contributed by atoms with Crippen LogP contribution >= 0.6 is 0 Å². The van der Waals surface area contributed by atoms with E-state index in [0.29, 0.717) is 18.8 Å². The fourth-order valence-electron chi connectivity index (χ4n) is 3.62. The molecule has 0 bridgehead atoms. The Morgan fingerprint density at radius 3 is 2.81 bits per heavy atom. The lowest BCUT2D eigenvalue weighted by molar-refractivity contribution is -0.0245. The SMILES string of the molecule is CC(C)[C@@]1(O)CN(C(=O)c2onc3c2CCCC3)C[C@@H]1C. The Morgan fingerprint density at radius 2 is 2.14 bits per heavy atom. The zero-order chi connectivity index (χ0) is 15.2. The first-order chi connectivity index (χ1) is 9.93. The first kappa shape index (κ1) is 14.6. The zero-order valence-corrected chi connectivity index (χ0v) is 13.1. The Morgan fingerprint density at radius 1 is 1.43 bits per heavy atom. The minimum Gasteiger partial charge on any atom is -0.387 e. The number of carbonyl (C=O) groups is 1. The number of likely N-dealkylation sites (tertiary alicyclic amines) is 1. The van der Waals surface area contributed by atoms with Gasteiger partial charge in [0.25, 0.3) is 5.91 Å². The van der Waals surface area contributed by atoms with E-state index in [1.165, 1.54) is 0 Å². The van der Waals surface area contributed by atoms with E-state index < -0.39 is 5.60 Å². The van der Waals surface area contributed by atoms with Crippen molar-refractivity contribution in [1.29, 1.82) is 0 Å². The molecule has 0 saturated carbocycles. The highest BCUT2D eigenvalue weighted by atomic mass is 16.5. The average Bonchev–Trinajstić information content (AvgIpc) is 3.01. The second-order valence-corrected chi connectivity index (χ2v) is 6.88. The number of fused-ring (bicyclic) bond motifs is 1. The lowest BCUT2D eigenvalue weighted by Gasteiger charge is -2.30. The number of aromatic nitrogens is 1. The van der Waals surface area contributed by atoms with Gasteiger partial charge in [0.2, 0.25) is 5.76 Å². The van der Waals surface area contributed by atoms with Crippen LogP contribution in [0.3, 0.4) is 0 Å². The highest BCUT2D eigenvalue weighted by Gasteiger charge is 2.47. The molecule has 5 nitrogen and oxygen atoms in total. The van der Waals surface area contributed by atoms with Crippen LogP contribution in [0.2, 0.25) is 0 Å². The summed E-state index contributed by atoms with van der Waals surface area (Å²) in [6, 6.07) is 0. The number of aryl methyl sites for hydroxylation is 1. The first-order valence-electron chi connectivity index (χ1n) is 7.92. The molecule has 5 heteroatoms. The summed E-state index contributed by atoms with van der Waals surface area (Å²) in [5, 5.41) is 14.8. The quantitative estimate of drug-likeness (QED) is 0.905. The van der Waals surface area contributed by atoms with Crippen molar-refractivity contribution in [3.8, 4) is 0 Å². The van der Waals surface area contributed by atoms with Gasteiger partial charge in [0, 0.05) is 18.0 Å². The summed E-state index contributed by atoms with van der Waals surface area (Å²) < 4.78 is 5.33. The van der Waals surface area contributed by atoms with Gasteiger partial charge < -0.3 is 14.5 Å². The molecule has 2 aliphatic rings. The summed E-state index contributed by atoms with van der Waals surface area (Å²) in [4.78, 5) is 14.4. The molecule has 0 unspecified atom stereocenters. The van der Waals surface area contributed by atoms with Crippen molar-refractivity contribution in [2.75, 3.05) is 13.1 Å². The molecular formula is C16H24N2O3. The van der Waals surface area contributed by atoms with E-state index in [4.69, 9.17) is 4.52 Å². The predicted molar refractivity (Wildman–Crippen MR) is 78.0 cm³/mol. The molecule has 1 aromatic heterocycles. The maximum Gasteiger partial charge on any atom is 0.292 e.